The summed E-state index contributed by atoms with van der Waals surface area (Å²) in [4.78, 5) is 11.6. The first kappa shape index (κ1) is 12.0. The first-order chi connectivity index (χ1) is 8.16. The van der Waals surface area contributed by atoms with E-state index >= 15 is 0 Å². The zero-order valence-electron chi connectivity index (χ0n) is 10.00. The van der Waals surface area contributed by atoms with Gasteiger partial charge in [-0.3, -0.25) is 4.90 Å². The molecule has 0 aromatic carbocycles. The number of hydrogen-bond acceptors (Lipinski definition) is 5. The van der Waals surface area contributed by atoms with Gasteiger partial charge in [0.1, 0.15) is 0 Å². The molecule has 17 heavy (non-hydrogen) atoms. The molecule has 1 atom stereocenters. The highest BCUT2D eigenvalue weighted by molar-refractivity contribution is 7.10. The predicted molar refractivity (Wildman–Crippen MR) is 70.6 cm³/mol. The molecule has 0 amide bonds. The van der Waals surface area contributed by atoms with Crippen molar-refractivity contribution in [1.82, 2.24) is 14.9 Å². The van der Waals surface area contributed by atoms with Crippen molar-refractivity contribution in [2.24, 2.45) is 0 Å². The van der Waals surface area contributed by atoms with Gasteiger partial charge in [-0.15, -0.1) is 11.3 Å². The van der Waals surface area contributed by atoms with Crippen LogP contribution < -0.4 is 5.73 Å². The molecule has 2 heterocycles. The second-order valence-corrected chi connectivity index (χ2v) is 5.04. The van der Waals surface area contributed by atoms with E-state index in [1.54, 1.807) is 23.7 Å². The average Bonchev–Trinajstić information content (AvgIpc) is 2.84. The smallest absolute Gasteiger partial charge is 0.219 e. The van der Waals surface area contributed by atoms with Crippen LogP contribution in [0, 0.1) is 0 Å². The van der Waals surface area contributed by atoms with Crippen molar-refractivity contribution in [3.05, 3.63) is 40.3 Å². The summed E-state index contributed by atoms with van der Waals surface area (Å²) in [6, 6.07) is 4.63. The van der Waals surface area contributed by atoms with Crippen LogP contribution in [0.5, 0.6) is 0 Å². The summed E-state index contributed by atoms with van der Waals surface area (Å²) in [5.41, 5.74) is 6.53. The fraction of sp³-hybridized carbons (Fsp3) is 0.333. The molecule has 0 unspecified atom stereocenters. The van der Waals surface area contributed by atoms with Crippen molar-refractivity contribution in [1.29, 1.82) is 0 Å². The van der Waals surface area contributed by atoms with Gasteiger partial charge in [0.2, 0.25) is 5.95 Å². The minimum atomic E-state index is 0.322. The van der Waals surface area contributed by atoms with E-state index in [1.165, 1.54) is 4.88 Å². The Morgan fingerprint density at radius 3 is 2.71 bits per heavy atom. The summed E-state index contributed by atoms with van der Waals surface area (Å²) < 4.78 is 0. The predicted octanol–water partition coefficient (Wildman–Crippen LogP) is 2.31. The number of anilines is 1. The Morgan fingerprint density at radius 1 is 1.41 bits per heavy atom. The highest BCUT2D eigenvalue weighted by atomic mass is 32.1. The summed E-state index contributed by atoms with van der Waals surface area (Å²) >= 11 is 1.78. The van der Waals surface area contributed by atoms with Gasteiger partial charge in [-0.2, -0.15) is 0 Å². The Hall–Kier alpha value is -1.46. The Balaban J connectivity index is 2.01. The lowest BCUT2D eigenvalue weighted by atomic mass is 10.2. The maximum absolute atomic E-state index is 5.46. The van der Waals surface area contributed by atoms with Crippen molar-refractivity contribution in [3.63, 3.8) is 0 Å². The molecule has 2 aromatic heterocycles. The second-order valence-electron chi connectivity index (χ2n) is 4.06. The molecule has 0 saturated heterocycles. The SMILES string of the molecule is C[C@H](c1cccs1)N(C)Cc1cnc(N)nc1. The minimum Gasteiger partial charge on any atom is -0.368 e. The van der Waals surface area contributed by atoms with Crippen molar-refractivity contribution < 1.29 is 0 Å². The fourth-order valence-corrected chi connectivity index (χ4v) is 2.47. The van der Waals surface area contributed by atoms with Gasteiger partial charge in [-0.1, -0.05) is 6.07 Å². The van der Waals surface area contributed by atoms with Gasteiger partial charge in [0, 0.05) is 35.4 Å². The average molecular weight is 248 g/mol. The largest absolute Gasteiger partial charge is 0.368 e. The highest BCUT2D eigenvalue weighted by Crippen LogP contribution is 2.24. The number of nitrogen functional groups attached to an aromatic ring is 1. The van der Waals surface area contributed by atoms with Gasteiger partial charge < -0.3 is 5.73 Å². The molecular formula is C12H16N4S. The van der Waals surface area contributed by atoms with Crippen LogP contribution in [0.3, 0.4) is 0 Å². The number of aromatic nitrogens is 2. The van der Waals surface area contributed by atoms with E-state index in [0.717, 1.165) is 12.1 Å². The summed E-state index contributed by atoms with van der Waals surface area (Å²) in [5, 5.41) is 2.10. The van der Waals surface area contributed by atoms with Crippen LogP contribution in [0.25, 0.3) is 0 Å². The molecule has 0 aliphatic heterocycles. The summed E-state index contributed by atoms with van der Waals surface area (Å²) in [6.07, 6.45) is 3.56. The number of nitrogens with two attached hydrogens (primary N) is 1. The maximum Gasteiger partial charge on any atom is 0.219 e. The lowest BCUT2D eigenvalue weighted by Gasteiger charge is -2.23. The van der Waals surface area contributed by atoms with E-state index in [9.17, 15) is 0 Å². The number of thiophene rings is 1. The monoisotopic (exact) mass is 248 g/mol. The first-order valence-corrected chi connectivity index (χ1v) is 6.35. The molecule has 0 bridgehead atoms. The Morgan fingerprint density at radius 2 is 2.12 bits per heavy atom. The molecule has 5 heteroatoms. The topological polar surface area (TPSA) is 55.0 Å². The van der Waals surface area contributed by atoms with Crippen LogP contribution in [0.2, 0.25) is 0 Å². The number of hydrogen-bond donors (Lipinski definition) is 1. The Bertz CT molecular complexity index is 452. The summed E-state index contributed by atoms with van der Waals surface area (Å²) in [5.74, 6) is 0.322. The molecule has 2 N–H and O–H groups in total. The lowest BCUT2D eigenvalue weighted by Crippen LogP contribution is -2.21. The quantitative estimate of drug-likeness (QED) is 0.902. The lowest BCUT2D eigenvalue weighted by molar-refractivity contribution is 0.256. The zero-order valence-corrected chi connectivity index (χ0v) is 10.8. The molecule has 2 aromatic rings. The molecule has 0 saturated carbocycles. The van der Waals surface area contributed by atoms with Gasteiger partial charge in [0.05, 0.1) is 0 Å². The fourth-order valence-electron chi connectivity index (χ4n) is 1.62. The minimum absolute atomic E-state index is 0.322. The summed E-state index contributed by atoms with van der Waals surface area (Å²) in [6.45, 7) is 3.02. The van der Waals surface area contributed by atoms with E-state index in [1.807, 2.05) is 0 Å². The Kier molecular flexibility index (Phi) is 3.71. The molecule has 0 aliphatic rings. The van der Waals surface area contributed by atoms with Crippen LogP contribution in [0.1, 0.15) is 23.4 Å². The third-order valence-corrected chi connectivity index (χ3v) is 3.82. The zero-order chi connectivity index (χ0) is 12.3. The van der Waals surface area contributed by atoms with Crippen LogP contribution in [0.4, 0.5) is 5.95 Å². The molecular weight excluding hydrogens is 232 g/mol. The van der Waals surface area contributed by atoms with E-state index < -0.39 is 0 Å². The Labute approximate surface area is 105 Å². The van der Waals surface area contributed by atoms with Gasteiger partial charge >= 0.3 is 0 Å². The van der Waals surface area contributed by atoms with Gasteiger partial charge in [0.25, 0.3) is 0 Å². The van der Waals surface area contributed by atoms with Crippen LogP contribution in [-0.2, 0) is 6.54 Å². The van der Waals surface area contributed by atoms with E-state index in [4.69, 9.17) is 5.73 Å². The van der Waals surface area contributed by atoms with Crippen LogP contribution in [-0.4, -0.2) is 21.9 Å². The highest BCUT2D eigenvalue weighted by Gasteiger charge is 2.12. The van der Waals surface area contributed by atoms with Crippen molar-refractivity contribution in [3.8, 4) is 0 Å². The van der Waals surface area contributed by atoms with Crippen molar-refractivity contribution in [2.75, 3.05) is 12.8 Å². The van der Waals surface area contributed by atoms with Gasteiger partial charge in [-0.05, 0) is 25.4 Å². The molecule has 4 nitrogen and oxygen atoms in total. The first-order valence-electron chi connectivity index (χ1n) is 5.47. The maximum atomic E-state index is 5.46. The third kappa shape index (κ3) is 3.01. The molecule has 0 spiro atoms. The van der Waals surface area contributed by atoms with E-state index in [2.05, 4.69) is 46.4 Å². The molecule has 0 fully saturated rings. The number of rotatable bonds is 4. The summed E-state index contributed by atoms with van der Waals surface area (Å²) in [7, 11) is 2.10. The normalized spacial score (nSPS) is 12.9. The van der Waals surface area contributed by atoms with Crippen molar-refractivity contribution in [2.45, 2.75) is 19.5 Å². The molecule has 0 aliphatic carbocycles. The second kappa shape index (κ2) is 5.25. The number of nitrogens with zero attached hydrogens (tertiary/aromatic N) is 3. The standard InChI is InChI=1S/C12H16N4S/c1-9(11-4-3-5-17-11)16(2)8-10-6-14-12(13)15-7-10/h3-7,9H,8H2,1-2H3,(H2,13,14,15)/t9-/m1/s1. The van der Waals surface area contributed by atoms with E-state index in [0.29, 0.717) is 12.0 Å². The van der Waals surface area contributed by atoms with Gasteiger partial charge in [-0.25, -0.2) is 9.97 Å². The molecule has 2 rings (SSSR count). The molecule has 0 radical (unpaired) electrons. The van der Waals surface area contributed by atoms with E-state index in [-0.39, 0.29) is 0 Å². The van der Waals surface area contributed by atoms with Crippen molar-refractivity contribution >= 4 is 17.3 Å². The van der Waals surface area contributed by atoms with Gasteiger partial charge in [0.15, 0.2) is 0 Å². The van der Waals surface area contributed by atoms with Crippen LogP contribution in [0.15, 0.2) is 29.9 Å². The van der Waals surface area contributed by atoms with Crippen LogP contribution >= 0.6 is 11.3 Å². The molecule has 90 valence electrons. The third-order valence-electron chi connectivity index (χ3n) is 2.77.